The molecule has 0 radical (unpaired) electrons. The maximum Gasteiger partial charge on any atom is 0.243 e. The minimum absolute atomic E-state index is 0.159. The second-order valence-corrected chi connectivity index (χ2v) is 8.93. The molecule has 1 fully saturated rings. The molecule has 0 spiro atoms. The van der Waals surface area contributed by atoms with Crippen LogP contribution in [0.15, 0.2) is 53.6 Å². The van der Waals surface area contributed by atoms with E-state index in [4.69, 9.17) is 0 Å². The summed E-state index contributed by atoms with van der Waals surface area (Å²) in [6.07, 6.45) is 1.67. The molecule has 3 heterocycles. The summed E-state index contributed by atoms with van der Waals surface area (Å²) in [5.41, 5.74) is 0. The van der Waals surface area contributed by atoms with Gasteiger partial charge in [0.1, 0.15) is 34.9 Å². The Morgan fingerprint density at radius 3 is 2.29 bits per heavy atom. The lowest BCUT2D eigenvalue weighted by molar-refractivity contribution is 0.383. The zero-order valence-corrected chi connectivity index (χ0v) is 17.5. The van der Waals surface area contributed by atoms with Gasteiger partial charge in [-0.2, -0.15) is 4.31 Å². The number of aromatic nitrogens is 3. The number of pyridine rings is 1. The Bertz CT molecular complexity index is 1170. The number of nitrogens with one attached hydrogen (secondary N) is 1. The molecule has 2 aromatic heterocycles. The van der Waals surface area contributed by atoms with Gasteiger partial charge in [0.2, 0.25) is 10.0 Å². The van der Waals surface area contributed by atoms with Crippen LogP contribution in [0.1, 0.15) is 5.82 Å². The van der Waals surface area contributed by atoms with Gasteiger partial charge in [-0.1, -0.05) is 6.07 Å². The zero-order valence-electron chi connectivity index (χ0n) is 16.7. The van der Waals surface area contributed by atoms with E-state index in [9.17, 15) is 17.2 Å². The number of halogens is 2. The van der Waals surface area contributed by atoms with Gasteiger partial charge in [0, 0.05) is 44.5 Å². The van der Waals surface area contributed by atoms with E-state index in [1.54, 1.807) is 19.2 Å². The smallest absolute Gasteiger partial charge is 0.243 e. The molecule has 1 N–H and O–H groups in total. The van der Waals surface area contributed by atoms with Crippen LogP contribution in [0.25, 0.3) is 0 Å². The third-order valence-electron chi connectivity index (χ3n) is 4.78. The monoisotopic (exact) mass is 446 g/mol. The van der Waals surface area contributed by atoms with Crippen molar-refractivity contribution in [2.75, 3.05) is 36.4 Å². The Balaban J connectivity index is 1.48. The van der Waals surface area contributed by atoms with Crippen molar-refractivity contribution in [3.8, 4) is 0 Å². The van der Waals surface area contributed by atoms with Crippen molar-refractivity contribution in [3.05, 3.63) is 66.1 Å². The Labute approximate surface area is 178 Å². The molecule has 1 saturated heterocycles. The van der Waals surface area contributed by atoms with E-state index >= 15 is 0 Å². The molecule has 162 valence electrons. The molecule has 1 aliphatic rings. The second kappa shape index (κ2) is 8.52. The Kier molecular flexibility index (Phi) is 5.79. The molecule has 3 aromatic rings. The molecule has 1 aliphatic heterocycles. The molecule has 0 unspecified atom stereocenters. The number of sulfonamides is 1. The van der Waals surface area contributed by atoms with Crippen LogP contribution in [0.2, 0.25) is 0 Å². The van der Waals surface area contributed by atoms with Gasteiger partial charge in [0.15, 0.2) is 0 Å². The van der Waals surface area contributed by atoms with Gasteiger partial charge in [0.05, 0.1) is 4.90 Å². The summed E-state index contributed by atoms with van der Waals surface area (Å²) >= 11 is 0. The highest BCUT2D eigenvalue weighted by Crippen LogP contribution is 2.23. The molecule has 1 aromatic carbocycles. The van der Waals surface area contributed by atoms with E-state index in [1.165, 1.54) is 4.31 Å². The first kappa shape index (κ1) is 21.1. The number of hydrogen-bond donors (Lipinski definition) is 1. The number of nitrogens with zero attached hydrogens (tertiary/aromatic N) is 5. The van der Waals surface area contributed by atoms with E-state index in [0.29, 0.717) is 42.4 Å². The van der Waals surface area contributed by atoms with Crippen LogP contribution in [0.5, 0.6) is 0 Å². The fraction of sp³-hybridized carbons (Fsp3) is 0.250. The minimum Gasteiger partial charge on any atom is -0.354 e. The lowest BCUT2D eigenvalue weighted by Gasteiger charge is -2.34. The maximum absolute atomic E-state index is 13.5. The van der Waals surface area contributed by atoms with Crippen molar-refractivity contribution in [1.29, 1.82) is 0 Å². The summed E-state index contributed by atoms with van der Waals surface area (Å²) in [6.45, 7) is 2.83. The normalized spacial score (nSPS) is 15.1. The van der Waals surface area contributed by atoms with Crippen LogP contribution in [-0.2, 0) is 10.0 Å². The molecule has 8 nitrogen and oxygen atoms in total. The van der Waals surface area contributed by atoms with Gasteiger partial charge >= 0.3 is 0 Å². The fourth-order valence-electron chi connectivity index (χ4n) is 3.33. The van der Waals surface area contributed by atoms with Gasteiger partial charge in [0.25, 0.3) is 0 Å². The van der Waals surface area contributed by atoms with E-state index in [0.717, 1.165) is 12.1 Å². The highest BCUT2D eigenvalue weighted by atomic mass is 32.2. The molecule has 0 bridgehead atoms. The molecular weight excluding hydrogens is 426 g/mol. The van der Waals surface area contributed by atoms with Gasteiger partial charge in [-0.3, -0.25) is 0 Å². The third-order valence-corrected chi connectivity index (χ3v) is 6.66. The summed E-state index contributed by atoms with van der Waals surface area (Å²) in [7, 11) is -4.00. The first-order valence-corrected chi connectivity index (χ1v) is 11.0. The molecule has 0 atom stereocenters. The lowest BCUT2D eigenvalue weighted by Crippen LogP contribution is -2.49. The first-order chi connectivity index (χ1) is 14.8. The van der Waals surface area contributed by atoms with Gasteiger partial charge in [-0.15, -0.1) is 0 Å². The van der Waals surface area contributed by atoms with Gasteiger partial charge in [-0.25, -0.2) is 32.2 Å². The quantitative estimate of drug-likeness (QED) is 0.644. The molecule has 11 heteroatoms. The van der Waals surface area contributed by atoms with Crippen molar-refractivity contribution < 1.29 is 17.2 Å². The minimum atomic E-state index is -4.00. The van der Waals surface area contributed by atoms with Crippen molar-refractivity contribution in [2.24, 2.45) is 0 Å². The Morgan fingerprint density at radius 2 is 1.65 bits per heavy atom. The summed E-state index contributed by atoms with van der Waals surface area (Å²) in [4.78, 5) is 14.6. The van der Waals surface area contributed by atoms with E-state index in [-0.39, 0.29) is 13.1 Å². The second-order valence-electron chi connectivity index (χ2n) is 6.99. The number of anilines is 3. The highest BCUT2D eigenvalue weighted by molar-refractivity contribution is 7.89. The standard InChI is InChI=1S/C20H20F2N6O2S/c1-14-24-19(26-18-4-2-3-5-23-18)13-20(25-14)27-6-8-28(9-7-27)31(29,30)17-11-15(21)10-16(22)12-17/h2-5,10-13H,6-9H2,1H3,(H,23,24,25,26). The summed E-state index contributed by atoms with van der Waals surface area (Å²) in [5.74, 6) is 0.570. The summed E-state index contributed by atoms with van der Waals surface area (Å²) in [6, 6.07) is 9.55. The number of aryl methyl sites for hydroxylation is 1. The van der Waals surface area contributed by atoms with E-state index in [1.807, 2.05) is 23.1 Å². The predicted octanol–water partition coefficient (Wildman–Crippen LogP) is 2.71. The molecule has 0 amide bonds. The van der Waals surface area contributed by atoms with E-state index in [2.05, 4.69) is 20.3 Å². The maximum atomic E-state index is 13.5. The van der Waals surface area contributed by atoms with Crippen molar-refractivity contribution in [1.82, 2.24) is 19.3 Å². The number of rotatable bonds is 5. The van der Waals surface area contributed by atoms with Crippen LogP contribution in [0.4, 0.5) is 26.2 Å². The lowest BCUT2D eigenvalue weighted by atomic mass is 10.3. The zero-order chi connectivity index (χ0) is 22.0. The molecular formula is C20H20F2N6O2S. The Hall–Kier alpha value is -3.18. The topological polar surface area (TPSA) is 91.3 Å². The largest absolute Gasteiger partial charge is 0.354 e. The number of piperazine rings is 1. The molecule has 31 heavy (non-hydrogen) atoms. The number of hydrogen-bond acceptors (Lipinski definition) is 7. The van der Waals surface area contributed by atoms with Crippen molar-refractivity contribution in [3.63, 3.8) is 0 Å². The third kappa shape index (κ3) is 4.78. The van der Waals surface area contributed by atoms with Gasteiger partial charge in [-0.05, 0) is 31.2 Å². The van der Waals surface area contributed by atoms with Crippen molar-refractivity contribution >= 4 is 27.5 Å². The fourth-order valence-corrected chi connectivity index (χ4v) is 4.80. The van der Waals surface area contributed by atoms with Crippen LogP contribution in [0, 0.1) is 18.6 Å². The molecule has 0 saturated carbocycles. The molecule has 0 aliphatic carbocycles. The average Bonchev–Trinajstić information content (AvgIpc) is 2.73. The van der Waals surface area contributed by atoms with Crippen LogP contribution < -0.4 is 10.2 Å². The predicted molar refractivity (Wildman–Crippen MR) is 112 cm³/mol. The van der Waals surface area contributed by atoms with Crippen LogP contribution in [-0.4, -0.2) is 53.9 Å². The SMILES string of the molecule is Cc1nc(Nc2ccccn2)cc(N2CCN(S(=O)(=O)c3cc(F)cc(F)c3)CC2)n1. The van der Waals surface area contributed by atoms with E-state index < -0.39 is 26.6 Å². The van der Waals surface area contributed by atoms with Crippen LogP contribution in [0.3, 0.4) is 0 Å². The van der Waals surface area contributed by atoms with Crippen molar-refractivity contribution in [2.45, 2.75) is 11.8 Å². The molecule has 4 rings (SSSR count). The van der Waals surface area contributed by atoms with Crippen LogP contribution >= 0.6 is 0 Å². The summed E-state index contributed by atoms with van der Waals surface area (Å²) in [5, 5.41) is 3.12. The Morgan fingerprint density at radius 1 is 0.935 bits per heavy atom. The first-order valence-electron chi connectivity index (χ1n) is 9.56. The van der Waals surface area contributed by atoms with Gasteiger partial charge < -0.3 is 10.2 Å². The average molecular weight is 446 g/mol. The summed E-state index contributed by atoms with van der Waals surface area (Å²) < 4.78 is 53.7. The highest BCUT2D eigenvalue weighted by Gasteiger charge is 2.30. The number of benzene rings is 1.